The molecule has 19 heavy (non-hydrogen) atoms. The van der Waals surface area contributed by atoms with Crippen LogP contribution in [-0.4, -0.2) is 17.0 Å². The molecule has 104 valence electrons. The highest BCUT2D eigenvalue weighted by Crippen LogP contribution is 2.32. The van der Waals surface area contributed by atoms with Crippen molar-refractivity contribution in [2.75, 3.05) is 0 Å². The molecule has 1 rings (SSSR count). The molecule has 0 unspecified atom stereocenters. The minimum atomic E-state index is -4.58. The third-order valence-corrected chi connectivity index (χ3v) is 2.62. The van der Waals surface area contributed by atoms with E-state index in [1.165, 1.54) is 6.07 Å². The van der Waals surface area contributed by atoms with Crippen LogP contribution in [0.2, 0.25) is 0 Å². The smallest absolute Gasteiger partial charge is 0.416 e. The molecular formula is C12H12F3NO3. The number of aliphatic carboxylic acids is 1. The van der Waals surface area contributed by atoms with E-state index in [9.17, 15) is 22.8 Å². The zero-order chi connectivity index (χ0) is 14.8. The first-order valence-electron chi connectivity index (χ1n) is 5.27. The van der Waals surface area contributed by atoms with E-state index < -0.39 is 29.2 Å². The first-order chi connectivity index (χ1) is 8.57. The summed E-state index contributed by atoms with van der Waals surface area (Å²) in [6.45, 7) is 2.22. The van der Waals surface area contributed by atoms with Crippen molar-refractivity contribution in [3.05, 3.63) is 35.4 Å². The van der Waals surface area contributed by atoms with Gasteiger partial charge in [-0.05, 0) is 24.6 Å². The Morgan fingerprint density at radius 2 is 1.74 bits per heavy atom. The van der Waals surface area contributed by atoms with Crippen LogP contribution in [0.1, 0.15) is 25.0 Å². The highest BCUT2D eigenvalue weighted by Gasteiger charge is 2.38. The third-order valence-electron chi connectivity index (χ3n) is 2.62. The van der Waals surface area contributed by atoms with E-state index in [0.29, 0.717) is 6.07 Å². The number of carbonyl (C=O) groups is 2. The number of hydrogen-bond donors (Lipinski definition) is 2. The molecule has 0 aliphatic rings. The number of rotatable bonds is 3. The fraction of sp³-hybridized carbons (Fsp3) is 0.333. The van der Waals surface area contributed by atoms with Gasteiger partial charge in [0, 0.05) is 6.92 Å². The van der Waals surface area contributed by atoms with Crippen LogP contribution in [0.15, 0.2) is 24.3 Å². The lowest BCUT2D eigenvalue weighted by Gasteiger charge is -2.26. The number of benzene rings is 1. The van der Waals surface area contributed by atoms with Gasteiger partial charge in [0.25, 0.3) is 0 Å². The summed E-state index contributed by atoms with van der Waals surface area (Å²) in [5.41, 5.74) is -3.03. The van der Waals surface area contributed by atoms with Gasteiger partial charge in [-0.3, -0.25) is 4.79 Å². The van der Waals surface area contributed by atoms with Gasteiger partial charge in [-0.1, -0.05) is 12.1 Å². The minimum absolute atomic E-state index is 0.148. The van der Waals surface area contributed by atoms with Gasteiger partial charge >= 0.3 is 12.1 Å². The average Bonchev–Trinajstić information content (AvgIpc) is 2.26. The number of carboxylic acid groups (broad SMARTS) is 1. The topological polar surface area (TPSA) is 66.4 Å². The largest absolute Gasteiger partial charge is 0.479 e. The Balaban J connectivity index is 3.32. The van der Waals surface area contributed by atoms with Gasteiger partial charge < -0.3 is 10.4 Å². The summed E-state index contributed by atoms with van der Waals surface area (Å²) in [6.07, 6.45) is -4.58. The minimum Gasteiger partial charge on any atom is -0.479 e. The van der Waals surface area contributed by atoms with Gasteiger partial charge in [-0.2, -0.15) is 13.2 Å². The highest BCUT2D eigenvalue weighted by molar-refractivity contribution is 5.86. The molecule has 0 spiro atoms. The number of carboxylic acids is 1. The molecule has 7 heteroatoms. The molecule has 2 N–H and O–H groups in total. The predicted octanol–water partition coefficient (Wildman–Crippen LogP) is 2.14. The summed E-state index contributed by atoms with van der Waals surface area (Å²) in [5, 5.41) is 11.3. The zero-order valence-corrected chi connectivity index (χ0v) is 10.2. The van der Waals surface area contributed by atoms with Crippen LogP contribution in [0.4, 0.5) is 13.2 Å². The number of halogens is 3. The maximum atomic E-state index is 12.6. The molecule has 0 radical (unpaired) electrons. The fourth-order valence-corrected chi connectivity index (χ4v) is 1.61. The Bertz CT molecular complexity index is 513. The maximum Gasteiger partial charge on any atom is 0.416 e. The predicted molar refractivity (Wildman–Crippen MR) is 60.2 cm³/mol. The number of alkyl halides is 3. The second kappa shape index (κ2) is 4.91. The molecule has 1 aromatic carbocycles. The van der Waals surface area contributed by atoms with E-state index in [0.717, 1.165) is 26.0 Å². The van der Waals surface area contributed by atoms with Crippen LogP contribution >= 0.6 is 0 Å². The summed E-state index contributed by atoms with van der Waals surface area (Å²) in [7, 11) is 0. The van der Waals surface area contributed by atoms with Crippen LogP contribution in [0.3, 0.4) is 0 Å². The van der Waals surface area contributed by atoms with Gasteiger partial charge in [0.15, 0.2) is 5.54 Å². The maximum absolute atomic E-state index is 12.6. The normalized spacial score (nSPS) is 14.6. The molecular weight excluding hydrogens is 263 g/mol. The van der Waals surface area contributed by atoms with Crippen molar-refractivity contribution in [1.82, 2.24) is 5.32 Å². The van der Waals surface area contributed by atoms with Crippen molar-refractivity contribution >= 4 is 11.9 Å². The van der Waals surface area contributed by atoms with Crippen molar-refractivity contribution in [2.24, 2.45) is 0 Å². The SMILES string of the molecule is CC(=O)N[C@](C)(C(=O)O)c1cccc(C(F)(F)F)c1. The summed E-state index contributed by atoms with van der Waals surface area (Å²) < 4.78 is 37.8. The summed E-state index contributed by atoms with van der Waals surface area (Å²) in [6, 6.07) is 3.87. The van der Waals surface area contributed by atoms with Gasteiger partial charge in [-0.25, -0.2) is 4.79 Å². The first kappa shape index (κ1) is 15.0. The van der Waals surface area contributed by atoms with Crippen LogP contribution in [-0.2, 0) is 21.3 Å². The Hall–Kier alpha value is -2.05. The van der Waals surface area contributed by atoms with Crippen molar-refractivity contribution in [3.63, 3.8) is 0 Å². The number of carbonyl (C=O) groups excluding carboxylic acids is 1. The Morgan fingerprint density at radius 1 is 1.21 bits per heavy atom. The molecule has 0 saturated heterocycles. The molecule has 0 fully saturated rings. The van der Waals surface area contributed by atoms with Crippen molar-refractivity contribution in [1.29, 1.82) is 0 Å². The van der Waals surface area contributed by atoms with E-state index in [1.54, 1.807) is 0 Å². The lowest BCUT2D eigenvalue weighted by molar-refractivity contribution is -0.147. The lowest BCUT2D eigenvalue weighted by Crippen LogP contribution is -2.48. The molecule has 0 aliphatic heterocycles. The molecule has 1 aromatic rings. The van der Waals surface area contributed by atoms with Crippen LogP contribution in [0.25, 0.3) is 0 Å². The summed E-state index contributed by atoms with van der Waals surface area (Å²) in [5.74, 6) is -2.09. The number of amides is 1. The van der Waals surface area contributed by atoms with Crippen LogP contribution in [0, 0.1) is 0 Å². The number of nitrogens with one attached hydrogen (secondary N) is 1. The van der Waals surface area contributed by atoms with Crippen molar-refractivity contribution in [3.8, 4) is 0 Å². The molecule has 0 aromatic heterocycles. The van der Waals surface area contributed by atoms with Crippen LogP contribution in [0.5, 0.6) is 0 Å². The monoisotopic (exact) mass is 275 g/mol. The lowest BCUT2D eigenvalue weighted by atomic mass is 9.90. The van der Waals surface area contributed by atoms with E-state index in [2.05, 4.69) is 5.32 Å². The molecule has 0 bridgehead atoms. The molecule has 1 atom stereocenters. The zero-order valence-electron chi connectivity index (χ0n) is 10.2. The van der Waals surface area contributed by atoms with E-state index in [-0.39, 0.29) is 5.56 Å². The second-order valence-corrected chi connectivity index (χ2v) is 4.19. The van der Waals surface area contributed by atoms with E-state index in [1.807, 2.05) is 0 Å². The summed E-state index contributed by atoms with van der Waals surface area (Å²) in [4.78, 5) is 22.2. The first-order valence-corrected chi connectivity index (χ1v) is 5.27. The fourth-order valence-electron chi connectivity index (χ4n) is 1.61. The molecule has 0 heterocycles. The quantitative estimate of drug-likeness (QED) is 0.888. The van der Waals surface area contributed by atoms with E-state index >= 15 is 0 Å². The standard InChI is InChI=1S/C12H12F3NO3/c1-7(17)16-11(2,10(18)19)8-4-3-5-9(6-8)12(13,14)15/h3-6H,1-2H3,(H,16,17)(H,18,19)/t11-/m0/s1. The number of hydrogen-bond acceptors (Lipinski definition) is 2. The summed E-state index contributed by atoms with van der Waals surface area (Å²) >= 11 is 0. The van der Waals surface area contributed by atoms with Gasteiger partial charge in [0.2, 0.25) is 5.91 Å². The average molecular weight is 275 g/mol. The Morgan fingerprint density at radius 3 is 2.16 bits per heavy atom. The molecule has 4 nitrogen and oxygen atoms in total. The second-order valence-electron chi connectivity index (χ2n) is 4.19. The molecule has 0 aliphatic carbocycles. The van der Waals surface area contributed by atoms with E-state index in [4.69, 9.17) is 5.11 Å². The Labute approximate surface area is 107 Å². The van der Waals surface area contributed by atoms with Crippen molar-refractivity contribution < 1.29 is 27.9 Å². The van der Waals surface area contributed by atoms with Crippen LogP contribution < -0.4 is 5.32 Å². The highest BCUT2D eigenvalue weighted by atomic mass is 19.4. The van der Waals surface area contributed by atoms with Gasteiger partial charge in [0.05, 0.1) is 5.56 Å². The third kappa shape index (κ3) is 3.24. The van der Waals surface area contributed by atoms with Gasteiger partial charge in [0.1, 0.15) is 0 Å². The molecule has 0 saturated carbocycles. The van der Waals surface area contributed by atoms with Crippen molar-refractivity contribution in [2.45, 2.75) is 25.6 Å². The Kier molecular flexibility index (Phi) is 3.88. The molecule has 1 amide bonds. The van der Waals surface area contributed by atoms with Gasteiger partial charge in [-0.15, -0.1) is 0 Å².